The zero-order chi connectivity index (χ0) is 20.8. The Morgan fingerprint density at radius 3 is 2.50 bits per heavy atom. The molecule has 30 heavy (non-hydrogen) atoms. The molecule has 3 heterocycles. The van der Waals surface area contributed by atoms with E-state index < -0.39 is 11.1 Å². The number of thiazole rings is 1. The summed E-state index contributed by atoms with van der Waals surface area (Å²) >= 11 is 0.993. The molecule has 0 unspecified atom stereocenters. The second kappa shape index (κ2) is 6.85. The molecular weight excluding hydrogens is 400 g/mol. The SMILES string of the molecule is C=CCN1C(=O)C(=c2sc3nc(=O)c(-c4ccccc4)nn3c2=O)c2ccccc21. The van der Waals surface area contributed by atoms with Crippen LogP contribution in [-0.4, -0.2) is 27.0 Å². The van der Waals surface area contributed by atoms with Crippen molar-refractivity contribution in [2.45, 2.75) is 0 Å². The predicted molar refractivity (Wildman–Crippen MR) is 116 cm³/mol. The van der Waals surface area contributed by atoms with Crippen LogP contribution < -0.4 is 20.6 Å². The second-order valence-electron chi connectivity index (χ2n) is 6.66. The van der Waals surface area contributed by atoms with Crippen molar-refractivity contribution in [1.29, 1.82) is 0 Å². The number of rotatable bonds is 3. The van der Waals surface area contributed by atoms with Gasteiger partial charge in [-0.15, -0.1) is 6.58 Å². The normalized spacial score (nSPS) is 14.9. The third-order valence-corrected chi connectivity index (χ3v) is 5.90. The lowest BCUT2D eigenvalue weighted by molar-refractivity contribution is -0.112. The van der Waals surface area contributed by atoms with Crippen molar-refractivity contribution in [1.82, 2.24) is 14.6 Å². The number of nitrogens with zero attached hydrogens (tertiary/aromatic N) is 4. The molecule has 0 bridgehead atoms. The number of para-hydroxylation sites is 1. The first-order valence-corrected chi connectivity index (χ1v) is 9.97. The lowest BCUT2D eigenvalue weighted by Crippen LogP contribution is -2.33. The highest BCUT2D eigenvalue weighted by atomic mass is 32.1. The van der Waals surface area contributed by atoms with E-state index in [0.717, 1.165) is 21.5 Å². The highest BCUT2D eigenvalue weighted by molar-refractivity contribution is 7.15. The van der Waals surface area contributed by atoms with Gasteiger partial charge < -0.3 is 4.90 Å². The molecule has 0 N–H and O–H groups in total. The maximum absolute atomic E-state index is 13.2. The van der Waals surface area contributed by atoms with Crippen molar-refractivity contribution in [3.63, 3.8) is 0 Å². The van der Waals surface area contributed by atoms with E-state index in [-0.39, 0.29) is 21.1 Å². The standard InChI is InChI=1S/C22H14N4O3S/c1-2-12-25-15-11-7-6-10-14(15)16(20(25)28)18-21(29)26-22(30-18)23-19(27)17(24-26)13-8-4-3-5-9-13/h2-11H,1,12H2. The zero-order valence-electron chi connectivity index (χ0n) is 15.6. The van der Waals surface area contributed by atoms with Gasteiger partial charge in [-0.3, -0.25) is 14.4 Å². The molecule has 0 fully saturated rings. The Morgan fingerprint density at radius 2 is 1.73 bits per heavy atom. The third kappa shape index (κ3) is 2.61. The van der Waals surface area contributed by atoms with Crippen LogP contribution in [0.25, 0.3) is 21.8 Å². The van der Waals surface area contributed by atoms with Crippen LogP contribution in [-0.2, 0) is 4.79 Å². The average molecular weight is 414 g/mol. The minimum atomic E-state index is -0.523. The first kappa shape index (κ1) is 18.1. The number of hydrogen-bond donors (Lipinski definition) is 0. The van der Waals surface area contributed by atoms with Gasteiger partial charge in [0.15, 0.2) is 5.69 Å². The average Bonchev–Trinajstić information content (AvgIpc) is 3.22. The number of anilines is 1. The molecule has 0 saturated heterocycles. The molecule has 1 aliphatic rings. The Labute approximate surface area is 173 Å². The lowest BCUT2D eigenvalue weighted by atomic mass is 10.1. The summed E-state index contributed by atoms with van der Waals surface area (Å²) < 4.78 is 1.31. The minimum absolute atomic E-state index is 0.0889. The molecule has 0 saturated carbocycles. The monoisotopic (exact) mass is 414 g/mol. The Hall–Kier alpha value is -3.91. The van der Waals surface area contributed by atoms with Crippen molar-refractivity contribution in [2.24, 2.45) is 0 Å². The summed E-state index contributed by atoms with van der Waals surface area (Å²) in [7, 11) is 0. The predicted octanol–water partition coefficient (Wildman–Crippen LogP) is 1.63. The van der Waals surface area contributed by atoms with E-state index >= 15 is 0 Å². The van der Waals surface area contributed by atoms with Crippen LogP contribution in [0.2, 0.25) is 0 Å². The van der Waals surface area contributed by atoms with Crippen LogP contribution in [0.5, 0.6) is 0 Å². The van der Waals surface area contributed by atoms with Crippen molar-refractivity contribution >= 4 is 33.5 Å². The highest BCUT2D eigenvalue weighted by Crippen LogP contribution is 2.34. The summed E-state index contributed by atoms with van der Waals surface area (Å²) in [5.41, 5.74) is 1.34. The highest BCUT2D eigenvalue weighted by Gasteiger charge is 2.33. The number of aromatic nitrogens is 3. The van der Waals surface area contributed by atoms with Gasteiger partial charge in [0.1, 0.15) is 4.53 Å². The van der Waals surface area contributed by atoms with Crippen LogP contribution in [0.1, 0.15) is 5.56 Å². The fourth-order valence-corrected chi connectivity index (χ4v) is 4.54. The van der Waals surface area contributed by atoms with Crippen LogP contribution >= 0.6 is 11.3 Å². The largest absolute Gasteiger partial charge is 0.304 e. The van der Waals surface area contributed by atoms with Crippen LogP contribution in [0, 0.1) is 0 Å². The van der Waals surface area contributed by atoms with Crippen molar-refractivity contribution in [3.8, 4) is 11.3 Å². The van der Waals surface area contributed by atoms with Gasteiger partial charge >= 0.3 is 5.56 Å². The Kier molecular flexibility index (Phi) is 4.14. The van der Waals surface area contributed by atoms with Gasteiger partial charge in [-0.25, -0.2) is 0 Å². The molecule has 7 nitrogen and oxygen atoms in total. The van der Waals surface area contributed by atoms with Crippen molar-refractivity contribution in [2.75, 3.05) is 11.4 Å². The van der Waals surface area contributed by atoms with Gasteiger partial charge in [0.2, 0.25) is 4.96 Å². The summed E-state index contributed by atoms with van der Waals surface area (Å²) in [6.45, 7) is 4.03. The number of amides is 1. The van der Waals surface area contributed by atoms with Gasteiger partial charge in [0, 0.05) is 17.7 Å². The van der Waals surface area contributed by atoms with E-state index in [2.05, 4.69) is 16.7 Å². The molecule has 4 aromatic rings. The van der Waals surface area contributed by atoms with Crippen LogP contribution in [0.3, 0.4) is 0 Å². The second-order valence-corrected chi connectivity index (χ2v) is 7.64. The molecule has 0 radical (unpaired) electrons. The van der Waals surface area contributed by atoms with E-state index in [0.29, 0.717) is 23.2 Å². The van der Waals surface area contributed by atoms with Gasteiger partial charge in [0.05, 0.1) is 11.3 Å². The van der Waals surface area contributed by atoms with E-state index in [1.54, 1.807) is 41.3 Å². The Balaban J connectivity index is 1.82. The first-order valence-electron chi connectivity index (χ1n) is 9.16. The minimum Gasteiger partial charge on any atom is -0.304 e. The molecule has 5 rings (SSSR count). The van der Waals surface area contributed by atoms with E-state index in [1.807, 2.05) is 24.3 Å². The Bertz CT molecular complexity index is 1510. The molecule has 1 amide bonds. The quantitative estimate of drug-likeness (QED) is 0.476. The van der Waals surface area contributed by atoms with E-state index in [9.17, 15) is 14.4 Å². The number of hydrogen-bond acceptors (Lipinski definition) is 6. The molecule has 0 aliphatic carbocycles. The summed E-state index contributed by atoms with van der Waals surface area (Å²) in [5, 5.41) is 4.26. The summed E-state index contributed by atoms with van der Waals surface area (Å²) in [6.07, 6.45) is 1.63. The summed E-state index contributed by atoms with van der Waals surface area (Å²) in [5.74, 6) is -0.286. The Morgan fingerprint density at radius 1 is 1.00 bits per heavy atom. The molecule has 8 heteroatoms. The molecule has 0 atom stereocenters. The van der Waals surface area contributed by atoms with Gasteiger partial charge in [-0.1, -0.05) is 65.9 Å². The number of carbonyl (C=O) groups excluding carboxylic acids is 1. The van der Waals surface area contributed by atoms with E-state index in [4.69, 9.17) is 0 Å². The molecular formula is C22H14N4O3S. The van der Waals surface area contributed by atoms with Crippen LogP contribution in [0.15, 0.2) is 76.8 Å². The van der Waals surface area contributed by atoms with Gasteiger partial charge in [0.25, 0.3) is 11.5 Å². The maximum atomic E-state index is 13.2. The van der Waals surface area contributed by atoms with Crippen molar-refractivity contribution < 1.29 is 4.79 Å². The van der Waals surface area contributed by atoms with Crippen molar-refractivity contribution in [3.05, 3.63) is 98.1 Å². The molecule has 146 valence electrons. The third-order valence-electron chi connectivity index (χ3n) is 4.87. The summed E-state index contributed by atoms with van der Waals surface area (Å²) in [4.78, 5) is 44.6. The summed E-state index contributed by atoms with van der Waals surface area (Å²) in [6, 6.07) is 16.1. The van der Waals surface area contributed by atoms with Crippen LogP contribution in [0.4, 0.5) is 5.69 Å². The fraction of sp³-hybridized carbons (Fsp3) is 0.0455. The smallest absolute Gasteiger partial charge is 0.300 e. The lowest BCUT2D eigenvalue weighted by Gasteiger charge is -2.13. The maximum Gasteiger partial charge on any atom is 0.300 e. The molecule has 0 spiro atoms. The molecule has 2 aromatic heterocycles. The van der Waals surface area contributed by atoms with E-state index in [1.165, 1.54) is 0 Å². The zero-order valence-corrected chi connectivity index (χ0v) is 16.4. The first-order chi connectivity index (χ1) is 14.6. The van der Waals surface area contributed by atoms with Gasteiger partial charge in [-0.2, -0.15) is 14.6 Å². The number of benzene rings is 2. The number of fused-ring (bicyclic) bond motifs is 2. The molecule has 1 aliphatic heterocycles. The fourth-order valence-electron chi connectivity index (χ4n) is 3.55. The number of carbonyl (C=O) groups is 1. The topological polar surface area (TPSA) is 84.6 Å². The van der Waals surface area contributed by atoms with Gasteiger partial charge in [-0.05, 0) is 6.07 Å². The molecule has 2 aromatic carbocycles.